The van der Waals surface area contributed by atoms with Gasteiger partial charge in [0.15, 0.2) is 17.4 Å². The van der Waals surface area contributed by atoms with Crippen molar-refractivity contribution in [3.8, 4) is 17.1 Å². The average Bonchev–Trinajstić information content (AvgIpc) is 3.36. The fraction of sp³-hybridized carbons (Fsp3) is 0.273. The first kappa shape index (κ1) is 22.7. The van der Waals surface area contributed by atoms with Crippen LogP contribution in [0.5, 0.6) is 5.75 Å². The van der Waals surface area contributed by atoms with Crippen LogP contribution >= 0.6 is 0 Å². The monoisotopic (exact) mass is 463 g/mol. The summed E-state index contributed by atoms with van der Waals surface area (Å²) < 4.78 is 9.07. The van der Waals surface area contributed by atoms with Crippen molar-refractivity contribution in [1.82, 2.24) is 34.5 Å². The van der Waals surface area contributed by atoms with E-state index in [1.54, 1.807) is 30.2 Å². The second kappa shape index (κ2) is 9.17. The van der Waals surface area contributed by atoms with Crippen molar-refractivity contribution in [3.63, 3.8) is 0 Å². The first-order valence-corrected chi connectivity index (χ1v) is 10.5. The minimum atomic E-state index is -1.17. The number of aromatic nitrogens is 7. The van der Waals surface area contributed by atoms with E-state index in [0.717, 1.165) is 23.6 Å². The van der Waals surface area contributed by atoms with Crippen LogP contribution in [0.15, 0.2) is 30.7 Å². The predicted molar refractivity (Wildman–Crippen MR) is 126 cm³/mol. The highest BCUT2D eigenvalue weighted by Gasteiger charge is 2.20. The number of hydrogen-bond donors (Lipinski definition) is 3. The maximum absolute atomic E-state index is 11.9. The number of nitrogens with zero attached hydrogens (tertiary/aromatic N) is 7. The summed E-state index contributed by atoms with van der Waals surface area (Å²) in [6.45, 7) is 6.56. The first-order valence-electron chi connectivity index (χ1n) is 10.5. The molecule has 0 unspecified atom stereocenters. The summed E-state index contributed by atoms with van der Waals surface area (Å²) in [5.74, 6) is 0.102. The lowest BCUT2D eigenvalue weighted by Crippen LogP contribution is -2.09. The SMILES string of the molecule is CCn1nc(C)c(Nc2ncc(C(=O)O)c(Nc3cccc(-c4ncn(C)n4)c3OC)n2)c1C. The van der Waals surface area contributed by atoms with Gasteiger partial charge in [-0.15, -0.1) is 0 Å². The van der Waals surface area contributed by atoms with Crippen LogP contribution in [0.25, 0.3) is 11.4 Å². The number of benzene rings is 1. The van der Waals surface area contributed by atoms with Gasteiger partial charge in [0.2, 0.25) is 5.95 Å². The molecule has 0 amide bonds. The molecule has 12 nitrogen and oxygen atoms in total. The van der Waals surface area contributed by atoms with Crippen molar-refractivity contribution in [1.29, 1.82) is 0 Å². The molecule has 3 aromatic heterocycles. The maximum Gasteiger partial charge on any atom is 0.341 e. The van der Waals surface area contributed by atoms with Crippen LogP contribution in [0.2, 0.25) is 0 Å². The molecule has 34 heavy (non-hydrogen) atoms. The molecule has 0 aliphatic rings. The Balaban J connectivity index is 1.73. The van der Waals surface area contributed by atoms with Gasteiger partial charge in [-0.3, -0.25) is 9.36 Å². The summed E-state index contributed by atoms with van der Waals surface area (Å²) in [6, 6.07) is 5.37. The lowest BCUT2D eigenvalue weighted by molar-refractivity contribution is 0.0697. The van der Waals surface area contributed by atoms with Crippen molar-refractivity contribution in [3.05, 3.63) is 47.7 Å². The van der Waals surface area contributed by atoms with E-state index >= 15 is 0 Å². The highest BCUT2D eigenvalue weighted by molar-refractivity contribution is 5.94. The molecular weight excluding hydrogens is 438 g/mol. The van der Waals surface area contributed by atoms with Crippen molar-refractivity contribution in [2.45, 2.75) is 27.3 Å². The van der Waals surface area contributed by atoms with E-state index in [1.165, 1.54) is 13.3 Å². The molecule has 3 heterocycles. The first-order chi connectivity index (χ1) is 16.3. The number of ether oxygens (including phenoxy) is 1. The smallest absolute Gasteiger partial charge is 0.341 e. The predicted octanol–water partition coefficient (Wildman–Crippen LogP) is 3.30. The topological polar surface area (TPSA) is 145 Å². The third-order valence-corrected chi connectivity index (χ3v) is 5.25. The summed E-state index contributed by atoms with van der Waals surface area (Å²) >= 11 is 0. The second-order valence-corrected chi connectivity index (χ2v) is 7.50. The summed E-state index contributed by atoms with van der Waals surface area (Å²) in [5, 5.41) is 24.8. The van der Waals surface area contributed by atoms with Crippen LogP contribution < -0.4 is 15.4 Å². The Morgan fingerprint density at radius 3 is 2.59 bits per heavy atom. The molecule has 0 bridgehead atoms. The van der Waals surface area contributed by atoms with E-state index in [2.05, 4.69) is 35.8 Å². The number of rotatable bonds is 8. The Kier molecular flexibility index (Phi) is 6.13. The average molecular weight is 464 g/mol. The van der Waals surface area contributed by atoms with Crippen LogP contribution in [0.1, 0.15) is 28.7 Å². The number of hydrogen-bond acceptors (Lipinski definition) is 9. The minimum absolute atomic E-state index is 0.0911. The lowest BCUT2D eigenvalue weighted by Gasteiger charge is -2.15. The molecule has 0 saturated heterocycles. The molecule has 0 aliphatic heterocycles. The van der Waals surface area contributed by atoms with Crippen molar-refractivity contribution in [2.75, 3.05) is 17.7 Å². The van der Waals surface area contributed by atoms with Gasteiger partial charge in [0.05, 0.1) is 35.4 Å². The number of nitrogens with one attached hydrogen (secondary N) is 2. The lowest BCUT2D eigenvalue weighted by atomic mass is 10.1. The van der Waals surface area contributed by atoms with Gasteiger partial charge >= 0.3 is 5.97 Å². The van der Waals surface area contributed by atoms with Gasteiger partial charge in [-0.25, -0.2) is 14.8 Å². The van der Waals surface area contributed by atoms with Gasteiger partial charge < -0.3 is 20.5 Å². The van der Waals surface area contributed by atoms with E-state index in [4.69, 9.17) is 4.74 Å². The molecule has 4 aromatic rings. The number of para-hydroxylation sites is 1. The number of carbonyl (C=O) groups is 1. The number of aryl methyl sites for hydroxylation is 3. The Morgan fingerprint density at radius 2 is 1.97 bits per heavy atom. The fourth-order valence-electron chi connectivity index (χ4n) is 3.61. The van der Waals surface area contributed by atoms with Gasteiger partial charge in [-0.1, -0.05) is 6.07 Å². The van der Waals surface area contributed by atoms with Gasteiger partial charge in [0, 0.05) is 19.8 Å². The summed E-state index contributed by atoms with van der Waals surface area (Å²) in [6.07, 6.45) is 2.84. The molecule has 0 aliphatic carbocycles. The Bertz CT molecular complexity index is 1360. The Morgan fingerprint density at radius 1 is 1.18 bits per heavy atom. The number of carboxylic acid groups (broad SMARTS) is 1. The third kappa shape index (κ3) is 4.25. The molecule has 0 atom stereocenters. The van der Waals surface area contributed by atoms with Crippen LogP contribution in [-0.2, 0) is 13.6 Å². The second-order valence-electron chi connectivity index (χ2n) is 7.50. The summed E-state index contributed by atoms with van der Waals surface area (Å²) in [7, 11) is 3.29. The zero-order valence-corrected chi connectivity index (χ0v) is 19.5. The number of methoxy groups -OCH3 is 1. The largest absolute Gasteiger partial charge is 0.494 e. The summed E-state index contributed by atoms with van der Waals surface area (Å²) in [4.78, 5) is 24.8. The molecule has 0 fully saturated rings. The number of carboxylic acids is 1. The van der Waals surface area contributed by atoms with E-state index in [1.807, 2.05) is 31.5 Å². The van der Waals surface area contributed by atoms with Crippen LogP contribution in [0, 0.1) is 13.8 Å². The van der Waals surface area contributed by atoms with Gasteiger partial charge in [0.1, 0.15) is 11.9 Å². The Hall–Kier alpha value is -4.48. The highest BCUT2D eigenvalue weighted by Crippen LogP contribution is 2.36. The molecule has 4 rings (SSSR count). The molecule has 0 saturated carbocycles. The summed E-state index contributed by atoms with van der Waals surface area (Å²) in [5.41, 5.74) is 3.55. The maximum atomic E-state index is 11.9. The zero-order valence-electron chi connectivity index (χ0n) is 19.5. The van der Waals surface area contributed by atoms with Crippen LogP contribution in [0.3, 0.4) is 0 Å². The standard InChI is InChI=1S/C22H25N9O3/c1-6-31-13(3)17(12(2)28-31)26-22-23-10-15(21(32)33)20(27-22)25-16-9-7-8-14(18(16)34-5)19-24-11-30(4)29-19/h7-11H,6H2,1-5H3,(H,32,33)(H2,23,25,26,27). The molecule has 3 N–H and O–H groups in total. The molecule has 1 aromatic carbocycles. The van der Waals surface area contributed by atoms with E-state index in [-0.39, 0.29) is 17.3 Å². The number of aromatic carboxylic acids is 1. The van der Waals surface area contributed by atoms with Crippen molar-refractivity contribution < 1.29 is 14.6 Å². The van der Waals surface area contributed by atoms with Crippen molar-refractivity contribution >= 4 is 29.1 Å². The Labute approximate surface area is 195 Å². The minimum Gasteiger partial charge on any atom is -0.494 e. The van der Waals surface area contributed by atoms with E-state index < -0.39 is 5.97 Å². The third-order valence-electron chi connectivity index (χ3n) is 5.25. The van der Waals surface area contributed by atoms with E-state index in [0.29, 0.717) is 22.8 Å². The highest BCUT2D eigenvalue weighted by atomic mass is 16.5. The van der Waals surface area contributed by atoms with Crippen LogP contribution in [-0.4, -0.2) is 52.7 Å². The van der Waals surface area contributed by atoms with Gasteiger partial charge in [-0.2, -0.15) is 15.2 Å². The van der Waals surface area contributed by atoms with Crippen LogP contribution in [0.4, 0.5) is 23.1 Å². The molecule has 12 heteroatoms. The fourth-order valence-corrected chi connectivity index (χ4v) is 3.61. The molecule has 176 valence electrons. The molecule has 0 spiro atoms. The molecular formula is C22H25N9O3. The zero-order chi connectivity index (χ0) is 24.4. The van der Waals surface area contributed by atoms with E-state index in [9.17, 15) is 9.90 Å². The van der Waals surface area contributed by atoms with Gasteiger partial charge in [-0.05, 0) is 32.9 Å². The number of anilines is 4. The molecule has 0 radical (unpaired) electrons. The quantitative estimate of drug-likeness (QED) is 0.356. The van der Waals surface area contributed by atoms with Crippen molar-refractivity contribution in [2.24, 2.45) is 7.05 Å². The normalized spacial score (nSPS) is 10.9. The van der Waals surface area contributed by atoms with Gasteiger partial charge in [0.25, 0.3) is 0 Å².